The number of amides is 1. The Kier molecular flexibility index (Phi) is 5.90. The van der Waals surface area contributed by atoms with E-state index in [1.807, 2.05) is 35.7 Å². The minimum atomic E-state index is -0.0526. The number of carbonyl (C=O) groups excluding carboxylic acids is 1. The average molecular weight is 351 g/mol. The van der Waals surface area contributed by atoms with Crippen LogP contribution in [0.15, 0.2) is 54.0 Å². The van der Waals surface area contributed by atoms with E-state index < -0.39 is 0 Å². The molecule has 0 bridgehead atoms. The van der Waals surface area contributed by atoms with Gasteiger partial charge in [0.1, 0.15) is 5.69 Å². The Morgan fingerprint density at radius 3 is 2.60 bits per heavy atom. The molecule has 0 radical (unpaired) electrons. The van der Waals surface area contributed by atoms with Crippen LogP contribution in [-0.4, -0.2) is 15.9 Å². The summed E-state index contributed by atoms with van der Waals surface area (Å²) in [6, 6.07) is 14.0. The molecule has 0 fully saturated rings. The zero-order valence-electron chi connectivity index (χ0n) is 14.2. The van der Waals surface area contributed by atoms with Crippen LogP contribution >= 0.6 is 11.3 Å². The number of hydrogen-bond donors (Lipinski definition) is 1. The fourth-order valence-electron chi connectivity index (χ4n) is 2.52. The number of nitrogens with zero attached hydrogens (tertiary/aromatic N) is 2. The zero-order valence-corrected chi connectivity index (χ0v) is 15.1. The van der Waals surface area contributed by atoms with E-state index in [1.54, 1.807) is 6.20 Å². The molecule has 1 amide bonds. The van der Waals surface area contributed by atoms with E-state index in [0.29, 0.717) is 11.6 Å². The van der Waals surface area contributed by atoms with E-state index >= 15 is 0 Å². The second-order valence-electron chi connectivity index (χ2n) is 5.90. The molecule has 0 atom stereocenters. The summed E-state index contributed by atoms with van der Waals surface area (Å²) in [5.41, 5.74) is 3.92. The van der Waals surface area contributed by atoms with Crippen molar-refractivity contribution in [3.05, 3.63) is 65.2 Å². The third-order valence-corrected chi connectivity index (χ3v) is 4.64. The zero-order chi connectivity index (χ0) is 17.5. The fourth-order valence-corrected chi connectivity index (χ4v) is 3.24. The molecule has 0 aliphatic heterocycles. The second-order valence-corrected chi connectivity index (χ2v) is 6.76. The number of rotatable bonds is 7. The highest BCUT2D eigenvalue weighted by Gasteiger charge is 2.09. The van der Waals surface area contributed by atoms with Gasteiger partial charge in [0.15, 0.2) is 5.13 Å². The van der Waals surface area contributed by atoms with Crippen LogP contribution in [0.2, 0.25) is 0 Å². The summed E-state index contributed by atoms with van der Waals surface area (Å²) in [7, 11) is 0. The van der Waals surface area contributed by atoms with Crippen LogP contribution in [0.1, 0.15) is 30.9 Å². The van der Waals surface area contributed by atoms with Crippen molar-refractivity contribution >= 4 is 22.4 Å². The first-order chi connectivity index (χ1) is 12.2. The molecule has 4 nitrogen and oxygen atoms in total. The molecule has 1 N–H and O–H groups in total. The van der Waals surface area contributed by atoms with Crippen LogP contribution in [-0.2, 0) is 17.6 Å². The SMILES string of the molecule is CCCCc1ccc(CC(=O)Nc2nc(-c3ccccn3)cs2)cc1. The third-order valence-electron chi connectivity index (χ3n) is 3.88. The summed E-state index contributed by atoms with van der Waals surface area (Å²) in [5.74, 6) is -0.0526. The summed E-state index contributed by atoms with van der Waals surface area (Å²) in [6.07, 6.45) is 5.57. The normalized spacial score (nSPS) is 10.6. The Bertz CT molecular complexity index is 812. The van der Waals surface area contributed by atoms with Gasteiger partial charge >= 0.3 is 0 Å². The number of nitrogens with one attached hydrogen (secondary N) is 1. The van der Waals surface area contributed by atoms with Crippen molar-refractivity contribution in [2.24, 2.45) is 0 Å². The minimum absolute atomic E-state index is 0.0526. The fraction of sp³-hybridized carbons (Fsp3) is 0.250. The molecule has 25 heavy (non-hydrogen) atoms. The summed E-state index contributed by atoms with van der Waals surface area (Å²) in [6.45, 7) is 2.19. The Labute approximate surface area is 152 Å². The summed E-state index contributed by atoms with van der Waals surface area (Å²) in [4.78, 5) is 20.9. The lowest BCUT2D eigenvalue weighted by Gasteiger charge is -2.04. The lowest BCUT2D eigenvalue weighted by atomic mass is 10.0. The van der Waals surface area contributed by atoms with Crippen molar-refractivity contribution in [1.29, 1.82) is 0 Å². The van der Waals surface area contributed by atoms with Gasteiger partial charge in [0.25, 0.3) is 0 Å². The van der Waals surface area contributed by atoms with E-state index in [1.165, 1.54) is 29.7 Å². The molecule has 0 saturated heterocycles. The maximum Gasteiger partial charge on any atom is 0.230 e. The number of pyridine rings is 1. The Balaban J connectivity index is 1.57. The second kappa shape index (κ2) is 8.53. The average Bonchev–Trinajstić information content (AvgIpc) is 3.10. The summed E-state index contributed by atoms with van der Waals surface area (Å²) >= 11 is 1.41. The highest BCUT2D eigenvalue weighted by Crippen LogP contribution is 2.23. The number of carbonyl (C=O) groups is 1. The lowest BCUT2D eigenvalue weighted by Crippen LogP contribution is -2.14. The molecular formula is C20H21N3OS. The maximum atomic E-state index is 12.2. The number of thiazole rings is 1. The molecule has 3 rings (SSSR count). The van der Waals surface area contributed by atoms with Crippen molar-refractivity contribution in [3.63, 3.8) is 0 Å². The number of benzene rings is 1. The lowest BCUT2D eigenvalue weighted by molar-refractivity contribution is -0.115. The predicted octanol–water partition coefficient (Wildman–Crippen LogP) is 4.73. The Morgan fingerprint density at radius 1 is 1.08 bits per heavy atom. The summed E-state index contributed by atoms with van der Waals surface area (Å²) < 4.78 is 0. The van der Waals surface area contributed by atoms with Gasteiger partial charge in [-0.3, -0.25) is 9.78 Å². The van der Waals surface area contributed by atoms with Crippen LogP contribution in [0.4, 0.5) is 5.13 Å². The van der Waals surface area contributed by atoms with E-state index in [9.17, 15) is 4.79 Å². The van der Waals surface area contributed by atoms with Gasteiger partial charge in [0.05, 0.1) is 12.1 Å². The molecule has 0 spiro atoms. The molecule has 2 heterocycles. The van der Waals surface area contributed by atoms with E-state index in [2.05, 4.69) is 34.3 Å². The first-order valence-corrected chi connectivity index (χ1v) is 9.37. The molecule has 0 aliphatic carbocycles. The van der Waals surface area contributed by atoms with E-state index in [4.69, 9.17) is 0 Å². The first kappa shape index (κ1) is 17.3. The highest BCUT2D eigenvalue weighted by molar-refractivity contribution is 7.14. The van der Waals surface area contributed by atoms with Gasteiger partial charge < -0.3 is 5.32 Å². The van der Waals surface area contributed by atoms with E-state index in [0.717, 1.165) is 23.4 Å². The number of aryl methyl sites for hydroxylation is 1. The van der Waals surface area contributed by atoms with Crippen LogP contribution in [0, 0.1) is 0 Å². The molecule has 5 heteroatoms. The number of anilines is 1. The van der Waals surface area contributed by atoms with Crippen molar-refractivity contribution in [1.82, 2.24) is 9.97 Å². The van der Waals surface area contributed by atoms with Crippen molar-refractivity contribution in [3.8, 4) is 11.4 Å². The smallest absolute Gasteiger partial charge is 0.230 e. The number of aromatic nitrogens is 2. The standard InChI is InChI=1S/C20H21N3OS/c1-2-3-6-15-8-10-16(11-9-15)13-19(24)23-20-22-18(14-25-20)17-7-4-5-12-21-17/h4-5,7-12,14H,2-3,6,13H2,1H3,(H,22,23,24). The van der Waals surface area contributed by atoms with Gasteiger partial charge in [0.2, 0.25) is 5.91 Å². The molecule has 0 saturated carbocycles. The highest BCUT2D eigenvalue weighted by atomic mass is 32.1. The van der Waals surface area contributed by atoms with Gasteiger partial charge in [-0.15, -0.1) is 11.3 Å². The largest absolute Gasteiger partial charge is 0.302 e. The molecule has 0 aliphatic rings. The minimum Gasteiger partial charge on any atom is -0.302 e. The Hall–Kier alpha value is -2.53. The Morgan fingerprint density at radius 2 is 1.88 bits per heavy atom. The molecular weight excluding hydrogens is 330 g/mol. The molecule has 0 unspecified atom stereocenters. The third kappa shape index (κ3) is 4.97. The maximum absolute atomic E-state index is 12.2. The quantitative estimate of drug-likeness (QED) is 0.669. The van der Waals surface area contributed by atoms with Crippen LogP contribution in [0.5, 0.6) is 0 Å². The molecule has 3 aromatic rings. The van der Waals surface area contributed by atoms with Gasteiger partial charge in [-0.05, 0) is 36.1 Å². The van der Waals surface area contributed by atoms with Gasteiger partial charge in [-0.2, -0.15) is 0 Å². The molecule has 2 aromatic heterocycles. The predicted molar refractivity (Wildman–Crippen MR) is 103 cm³/mol. The van der Waals surface area contributed by atoms with Crippen LogP contribution < -0.4 is 5.32 Å². The van der Waals surface area contributed by atoms with Gasteiger partial charge in [0, 0.05) is 11.6 Å². The van der Waals surface area contributed by atoms with Crippen molar-refractivity contribution < 1.29 is 4.79 Å². The van der Waals surface area contributed by atoms with Crippen molar-refractivity contribution in [2.45, 2.75) is 32.6 Å². The van der Waals surface area contributed by atoms with Crippen LogP contribution in [0.3, 0.4) is 0 Å². The molecule has 1 aromatic carbocycles. The molecule has 128 valence electrons. The summed E-state index contributed by atoms with van der Waals surface area (Å²) in [5, 5.41) is 5.38. The van der Waals surface area contributed by atoms with E-state index in [-0.39, 0.29) is 5.91 Å². The van der Waals surface area contributed by atoms with Gasteiger partial charge in [-0.25, -0.2) is 4.98 Å². The van der Waals surface area contributed by atoms with Crippen LogP contribution in [0.25, 0.3) is 11.4 Å². The van der Waals surface area contributed by atoms with Crippen molar-refractivity contribution in [2.75, 3.05) is 5.32 Å². The topological polar surface area (TPSA) is 54.9 Å². The monoisotopic (exact) mass is 351 g/mol. The number of hydrogen-bond acceptors (Lipinski definition) is 4. The first-order valence-electron chi connectivity index (χ1n) is 8.49. The van der Waals surface area contributed by atoms with Gasteiger partial charge in [-0.1, -0.05) is 43.7 Å². The number of unbranched alkanes of at least 4 members (excludes halogenated alkanes) is 1.